The van der Waals surface area contributed by atoms with Gasteiger partial charge >= 0.3 is 0 Å². The highest BCUT2D eigenvalue weighted by Crippen LogP contribution is 2.42. The molecule has 0 bridgehead atoms. The Labute approximate surface area is 215 Å². The Morgan fingerprint density at radius 3 is 2.58 bits per heavy atom. The number of hydrogen-bond acceptors (Lipinski definition) is 7. The molecule has 1 aromatic heterocycles. The normalized spacial score (nSPS) is 17.7. The number of aliphatic hydroxyl groups is 1. The van der Waals surface area contributed by atoms with E-state index in [1.807, 2.05) is 24.3 Å². The molecule has 188 valence electrons. The van der Waals surface area contributed by atoms with E-state index in [1.54, 1.807) is 25.1 Å². The van der Waals surface area contributed by atoms with Crippen LogP contribution in [0.1, 0.15) is 23.4 Å². The third-order valence-electron chi connectivity index (χ3n) is 6.60. The number of nitrogens with one attached hydrogen (secondary N) is 1. The molecule has 9 heteroatoms. The maximum Gasteiger partial charge on any atom is 0.260 e. The number of hydrogen-bond donors (Lipinski definition) is 2. The van der Waals surface area contributed by atoms with Crippen LogP contribution in [0.25, 0.3) is 22.5 Å². The number of ether oxygens (including phenoxy) is 1. The van der Waals surface area contributed by atoms with Crippen LogP contribution in [0.15, 0.2) is 47.0 Å². The van der Waals surface area contributed by atoms with Gasteiger partial charge in [0.05, 0.1) is 28.6 Å². The summed E-state index contributed by atoms with van der Waals surface area (Å²) < 4.78 is 11.1. The molecule has 0 radical (unpaired) electrons. The molecule has 5 rings (SSSR count). The van der Waals surface area contributed by atoms with E-state index in [1.165, 1.54) is 0 Å². The van der Waals surface area contributed by atoms with Crippen LogP contribution >= 0.6 is 11.6 Å². The first-order valence-electron chi connectivity index (χ1n) is 12.1. The van der Waals surface area contributed by atoms with E-state index in [-0.39, 0.29) is 17.1 Å². The smallest absolute Gasteiger partial charge is 0.260 e. The van der Waals surface area contributed by atoms with Crippen LogP contribution in [0.4, 0.5) is 5.69 Å². The zero-order valence-corrected chi connectivity index (χ0v) is 21.1. The van der Waals surface area contributed by atoms with Crippen LogP contribution in [0.2, 0.25) is 5.02 Å². The van der Waals surface area contributed by atoms with Gasteiger partial charge in [0.2, 0.25) is 5.76 Å². The number of piperazine rings is 1. The lowest BCUT2D eigenvalue weighted by atomic mass is 9.98. The van der Waals surface area contributed by atoms with E-state index in [4.69, 9.17) is 20.9 Å². The first-order valence-corrected chi connectivity index (χ1v) is 12.4. The molecule has 0 atom stereocenters. The molecule has 0 saturated carbocycles. The van der Waals surface area contributed by atoms with Gasteiger partial charge < -0.3 is 29.5 Å². The summed E-state index contributed by atoms with van der Waals surface area (Å²) in [5.74, 6) is 0.242. The number of aromatic nitrogens is 1. The second-order valence-corrected chi connectivity index (χ2v) is 9.67. The summed E-state index contributed by atoms with van der Waals surface area (Å²) >= 11 is 6.57. The highest BCUT2D eigenvalue weighted by molar-refractivity contribution is 6.38. The minimum atomic E-state index is -0.426. The molecule has 36 heavy (non-hydrogen) atoms. The summed E-state index contributed by atoms with van der Waals surface area (Å²) in [7, 11) is 2.16. The minimum absolute atomic E-state index is 0.124. The van der Waals surface area contributed by atoms with Gasteiger partial charge in [-0.25, -0.2) is 0 Å². The Kier molecular flexibility index (Phi) is 7.00. The van der Waals surface area contributed by atoms with Crippen molar-refractivity contribution in [3.63, 3.8) is 0 Å². The molecule has 2 aromatic carbocycles. The van der Waals surface area contributed by atoms with Crippen molar-refractivity contribution in [3.05, 3.63) is 64.5 Å². The molecular formula is C27H29ClN4O4. The summed E-state index contributed by atoms with van der Waals surface area (Å²) in [6.07, 6.45) is 0.979. The molecule has 0 aliphatic carbocycles. The molecule has 2 aliphatic rings. The van der Waals surface area contributed by atoms with Crippen molar-refractivity contribution in [1.82, 2.24) is 15.0 Å². The molecule has 3 aromatic rings. The average Bonchev–Trinajstić information content (AvgIpc) is 3.44. The van der Waals surface area contributed by atoms with Crippen molar-refractivity contribution >= 4 is 34.5 Å². The van der Waals surface area contributed by atoms with Crippen LogP contribution in [-0.2, 0) is 4.79 Å². The summed E-state index contributed by atoms with van der Waals surface area (Å²) in [4.78, 5) is 17.5. The number of benzene rings is 2. The molecule has 2 aliphatic heterocycles. The van der Waals surface area contributed by atoms with Gasteiger partial charge in [0, 0.05) is 49.9 Å². The predicted molar refractivity (Wildman–Crippen MR) is 140 cm³/mol. The summed E-state index contributed by atoms with van der Waals surface area (Å²) in [6, 6.07) is 12.8. The molecule has 0 unspecified atom stereocenters. The molecule has 3 heterocycles. The molecule has 1 fully saturated rings. The first kappa shape index (κ1) is 24.4. The summed E-state index contributed by atoms with van der Waals surface area (Å²) in [5, 5.41) is 17.8. The fourth-order valence-electron chi connectivity index (χ4n) is 4.53. The van der Waals surface area contributed by atoms with Crippen molar-refractivity contribution in [1.29, 1.82) is 0 Å². The van der Waals surface area contributed by atoms with Gasteiger partial charge in [0.1, 0.15) is 5.75 Å². The lowest BCUT2D eigenvalue weighted by molar-refractivity contribution is -0.110. The van der Waals surface area contributed by atoms with Gasteiger partial charge in [-0.15, -0.1) is 0 Å². The Balaban J connectivity index is 1.29. The molecule has 0 spiro atoms. The van der Waals surface area contributed by atoms with E-state index in [9.17, 15) is 9.90 Å². The quantitative estimate of drug-likeness (QED) is 0.271. The maximum absolute atomic E-state index is 12.6. The zero-order chi connectivity index (χ0) is 25.2. The van der Waals surface area contributed by atoms with Crippen molar-refractivity contribution in [3.8, 4) is 16.9 Å². The number of fused-ring (bicyclic) bond motifs is 1. The van der Waals surface area contributed by atoms with E-state index >= 15 is 0 Å². The molecule has 1 saturated heterocycles. The van der Waals surface area contributed by atoms with Crippen molar-refractivity contribution in [2.24, 2.45) is 0 Å². The van der Waals surface area contributed by atoms with Crippen molar-refractivity contribution in [2.75, 3.05) is 51.7 Å². The maximum atomic E-state index is 12.6. The van der Waals surface area contributed by atoms with Gasteiger partial charge in [0.25, 0.3) is 5.91 Å². The molecule has 1 amide bonds. The summed E-state index contributed by atoms with van der Waals surface area (Å²) in [6.45, 7) is 7.91. The number of rotatable bonds is 7. The van der Waals surface area contributed by atoms with Crippen LogP contribution in [0.3, 0.4) is 0 Å². The lowest BCUT2D eigenvalue weighted by Crippen LogP contribution is -2.44. The van der Waals surface area contributed by atoms with Gasteiger partial charge in [-0.2, -0.15) is 0 Å². The Hall–Kier alpha value is -3.33. The van der Waals surface area contributed by atoms with Crippen LogP contribution in [0.5, 0.6) is 5.75 Å². The highest BCUT2D eigenvalue weighted by atomic mass is 35.5. The van der Waals surface area contributed by atoms with Gasteiger partial charge in [-0.05, 0) is 50.2 Å². The monoisotopic (exact) mass is 508 g/mol. The molecule has 2 N–H and O–H groups in total. The van der Waals surface area contributed by atoms with Crippen LogP contribution in [-0.4, -0.2) is 72.3 Å². The van der Waals surface area contributed by atoms with Crippen LogP contribution in [0, 0.1) is 6.92 Å². The van der Waals surface area contributed by atoms with E-state index < -0.39 is 5.91 Å². The third kappa shape index (κ3) is 5.11. The third-order valence-corrected chi connectivity index (χ3v) is 6.91. The Morgan fingerprint density at radius 2 is 1.89 bits per heavy atom. The lowest BCUT2D eigenvalue weighted by Gasteiger charge is -2.32. The van der Waals surface area contributed by atoms with Gasteiger partial charge in [-0.1, -0.05) is 28.9 Å². The number of nitrogens with zero attached hydrogens (tertiary/aromatic N) is 3. The van der Waals surface area contributed by atoms with E-state index in [2.05, 4.69) is 27.3 Å². The van der Waals surface area contributed by atoms with Crippen LogP contribution < -0.4 is 10.1 Å². The Bertz CT molecular complexity index is 1290. The zero-order valence-electron chi connectivity index (χ0n) is 20.4. The topological polar surface area (TPSA) is 91.1 Å². The SMILES string of the molecule is Cc1cc(C(O)=C2C(=O)Nc3cc(Cl)c(-c4ccc(OCCCN5CCN(C)CC5)cc4)cc32)on1. The molecule has 8 nitrogen and oxygen atoms in total. The number of aliphatic hydroxyl groups excluding tert-OH is 1. The number of amides is 1. The Morgan fingerprint density at radius 1 is 1.14 bits per heavy atom. The number of carbonyl (C=O) groups excluding carboxylic acids is 1. The number of anilines is 1. The fraction of sp³-hybridized carbons (Fsp3) is 0.333. The standard InChI is InChI=1S/C27H29ClN4O4/c1-17-14-24(36-30-17)26(33)25-21-15-20(22(28)16-23(21)29-27(25)34)18-4-6-19(7-5-18)35-13-3-8-32-11-9-31(2)10-12-32/h4-7,14-16,33H,3,8-13H2,1-2H3,(H,29,34). The van der Waals surface area contributed by atoms with Gasteiger partial charge in [0.15, 0.2) is 5.76 Å². The fourth-order valence-corrected chi connectivity index (χ4v) is 4.80. The van der Waals surface area contributed by atoms with E-state index in [0.29, 0.717) is 28.6 Å². The van der Waals surface area contributed by atoms with Gasteiger partial charge in [-0.3, -0.25) is 4.79 Å². The first-order chi connectivity index (χ1) is 17.4. The number of aryl methyl sites for hydroxylation is 1. The minimum Gasteiger partial charge on any atom is -0.504 e. The number of carbonyl (C=O) groups is 1. The second kappa shape index (κ2) is 10.3. The largest absolute Gasteiger partial charge is 0.504 e. The predicted octanol–water partition coefficient (Wildman–Crippen LogP) is 4.70. The second-order valence-electron chi connectivity index (χ2n) is 9.26. The average molecular weight is 509 g/mol. The van der Waals surface area contributed by atoms with E-state index in [0.717, 1.165) is 56.0 Å². The van der Waals surface area contributed by atoms with Crippen molar-refractivity contribution in [2.45, 2.75) is 13.3 Å². The summed E-state index contributed by atoms with van der Waals surface area (Å²) in [5.41, 5.74) is 3.43. The number of likely N-dealkylation sites (N-methyl/N-ethyl adjacent to an activating group) is 1. The highest BCUT2D eigenvalue weighted by Gasteiger charge is 2.31. The van der Waals surface area contributed by atoms with Crippen molar-refractivity contribution < 1.29 is 19.2 Å². The molecular weight excluding hydrogens is 480 g/mol. The number of halogens is 1.